The number of aryl methyl sites for hydroxylation is 3. The van der Waals surface area contributed by atoms with Crippen LogP contribution in [0.5, 0.6) is 0 Å². The van der Waals surface area contributed by atoms with Gasteiger partial charge in [-0.3, -0.25) is 4.57 Å². The van der Waals surface area contributed by atoms with Crippen LogP contribution in [0, 0.1) is 0 Å². The topological polar surface area (TPSA) is 34.9 Å². The fourth-order valence-electron chi connectivity index (χ4n) is 3.26. The SMILES string of the molecule is O=c1nc(CCc2ccccc2)cc2n1CCc1ccccc1-2. The summed E-state index contributed by atoms with van der Waals surface area (Å²) in [6.45, 7) is 0.719. The Labute approximate surface area is 135 Å². The molecule has 0 saturated carbocycles. The maximum atomic E-state index is 12.4. The van der Waals surface area contributed by atoms with Crippen LogP contribution in [0.25, 0.3) is 11.3 Å². The molecule has 1 aromatic heterocycles. The van der Waals surface area contributed by atoms with Gasteiger partial charge in [-0.15, -0.1) is 0 Å². The summed E-state index contributed by atoms with van der Waals surface area (Å²) in [5, 5.41) is 0. The third kappa shape index (κ3) is 2.70. The molecule has 0 radical (unpaired) electrons. The number of aromatic nitrogens is 2. The molecular formula is C20H18N2O. The van der Waals surface area contributed by atoms with Crippen molar-refractivity contribution in [2.45, 2.75) is 25.8 Å². The minimum Gasteiger partial charge on any atom is -0.292 e. The van der Waals surface area contributed by atoms with Crippen LogP contribution >= 0.6 is 0 Å². The number of rotatable bonds is 3. The van der Waals surface area contributed by atoms with E-state index in [0.717, 1.165) is 37.2 Å². The van der Waals surface area contributed by atoms with Gasteiger partial charge in [0.25, 0.3) is 0 Å². The fourth-order valence-corrected chi connectivity index (χ4v) is 3.26. The molecule has 0 fully saturated rings. The van der Waals surface area contributed by atoms with E-state index in [0.29, 0.717) is 0 Å². The standard InChI is InChI=1S/C20H18N2O/c23-20-21-17(11-10-15-6-2-1-3-7-15)14-19-18-9-5-4-8-16(18)12-13-22(19)20/h1-9,14H,10-13H2. The predicted molar refractivity (Wildman–Crippen MR) is 91.5 cm³/mol. The summed E-state index contributed by atoms with van der Waals surface area (Å²) in [4.78, 5) is 16.6. The molecule has 23 heavy (non-hydrogen) atoms. The minimum atomic E-state index is -0.125. The van der Waals surface area contributed by atoms with Crippen molar-refractivity contribution in [1.29, 1.82) is 0 Å². The van der Waals surface area contributed by atoms with E-state index in [-0.39, 0.29) is 5.69 Å². The van der Waals surface area contributed by atoms with Crippen LogP contribution in [-0.4, -0.2) is 9.55 Å². The maximum absolute atomic E-state index is 12.4. The Balaban J connectivity index is 1.69. The summed E-state index contributed by atoms with van der Waals surface area (Å²) in [6.07, 6.45) is 2.59. The molecule has 3 aromatic rings. The van der Waals surface area contributed by atoms with Crippen molar-refractivity contribution in [3.05, 3.63) is 88.0 Å². The third-order valence-electron chi connectivity index (χ3n) is 4.47. The van der Waals surface area contributed by atoms with Crippen LogP contribution in [0.4, 0.5) is 0 Å². The number of nitrogens with zero attached hydrogens (tertiary/aromatic N) is 2. The molecule has 0 bridgehead atoms. The van der Waals surface area contributed by atoms with Gasteiger partial charge in [-0.2, -0.15) is 4.98 Å². The number of fused-ring (bicyclic) bond motifs is 3. The average Bonchev–Trinajstić information content (AvgIpc) is 2.61. The van der Waals surface area contributed by atoms with Gasteiger partial charge in [-0.05, 0) is 36.5 Å². The molecule has 1 aliphatic heterocycles. The second-order valence-corrected chi connectivity index (χ2v) is 5.96. The van der Waals surface area contributed by atoms with Gasteiger partial charge in [0.2, 0.25) is 0 Å². The van der Waals surface area contributed by atoms with Crippen molar-refractivity contribution >= 4 is 0 Å². The molecule has 2 heterocycles. The molecule has 1 aliphatic rings. The maximum Gasteiger partial charge on any atom is 0.348 e. The highest BCUT2D eigenvalue weighted by Crippen LogP contribution is 2.28. The lowest BCUT2D eigenvalue weighted by Crippen LogP contribution is -2.29. The molecule has 3 heteroatoms. The summed E-state index contributed by atoms with van der Waals surface area (Å²) in [5.74, 6) is 0. The van der Waals surface area contributed by atoms with Gasteiger partial charge in [0.05, 0.1) is 5.69 Å². The Morgan fingerprint density at radius 2 is 1.74 bits per heavy atom. The molecule has 3 nitrogen and oxygen atoms in total. The van der Waals surface area contributed by atoms with Crippen LogP contribution in [0.2, 0.25) is 0 Å². The molecule has 0 unspecified atom stereocenters. The van der Waals surface area contributed by atoms with Gasteiger partial charge < -0.3 is 0 Å². The van der Waals surface area contributed by atoms with Gasteiger partial charge in [-0.25, -0.2) is 4.79 Å². The van der Waals surface area contributed by atoms with Crippen molar-refractivity contribution in [2.24, 2.45) is 0 Å². The summed E-state index contributed by atoms with van der Waals surface area (Å²) in [5.41, 5.74) is 5.51. The second-order valence-electron chi connectivity index (χ2n) is 5.96. The summed E-state index contributed by atoms with van der Waals surface area (Å²) < 4.78 is 1.80. The molecule has 0 spiro atoms. The Hall–Kier alpha value is -2.68. The average molecular weight is 302 g/mol. The molecule has 0 atom stereocenters. The lowest BCUT2D eigenvalue weighted by Gasteiger charge is -2.21. The zero-order chi connectivity index (χ0) is 15.6. The highest BCUT2D eigenvalue weighted by molar-refractivity contribution is 5.65. The quantitative estimate of drug-likeness (QED) is 0.744. The molecule has 0 saturated heterocycles. The predicted octanol–water partition coefficient (Wildman–Crippen LogP) is 3.25. The normalized spacial score (nSPS) is 12.5. The van der Waals surface area contributed by atoms with E-state index in [1.165, 1.54) is 16.7 Å². The van der Waals surface area contributed by atoms with Crippen molar-refractivity contribution in [3.8, 4) is 11.3 Å². The number of benzene rings is 2. The van der Waals surface area contributed by atoms with Crippen LogP contribution in [-0.2, 0) is 25.8 Å². The first kappa shape index (κ1) is 13.9. The largest absolute Gasteiger partial charge is 0.348 e. The fraction of sp³-hybridized carbons (Fsp3) is 0.200. The van der Waals surface area contributed by atoms with E-state index in [4.69, 9.17) is 0 Å². The van der Waals surface area contributed by atoms with E-state index >= 15 is 0 Å². The van der Waals surface area contributed by atoms with Crippen molar-refractivity contribution in [2.75, 3.05) is 0 Å². The van der Waals surface area contributed by atoms with Crippen LogP contribution in [0.1, 0.15) is 16.8 Å². The molecule has 4 rings (SSSR count). The van der Waals surface area contributed by atoms with Gasteiger partial charge in [0, 0.05) is 17.8 Å². The highest BCUT2D eigenvalue weighted by atomic mass is 16.1. The van der Waals surface area contributed by atoms with Crippen LogP contribution in [0.15, 0.2) is 65.5 Å². The van der Waals surface area contributed by atoms with Crippen molar-refractivity contribution in [1.82, 2.24) is 9.55 Å². The second kappa shape index (κ2) is 5.84. The Morgan fingerprint density at radius 3 is 2.61 bits per heavy atom. The zero-order valence-corrected chi connectivity index (χ0v) is 12.9. The smallest absolute Gasteiger partial charge is 0.292 e. The van der Waals surface area contributed by atoms with E-state index in [1.54, 1.807) is 4.57 Å². The van der Waals surface area contributed by atoms with E-state index in [9.17, 15) is 4.79 Å². The first-order valence-electron chi connectivity index (χ1n) is 8.04. The monoisotopic (exact) mass is 302 g/mol. The van der Waals surface area contributed by atoms with Crippen molar-refractivity contribution in [3.63, 3.8) is 0 Å². The van der Waals surface area contributed by atoms with Gasteiger partial charge in [-0.1, -0.05) is 54.6 Å². The van der Waals surface area contributed by atoms with Crippen LogP contribution in [0.3, 0.4) is 0 Å². The Morgan fingerprint density at radius 1 is 0.957 bits per heavy atom. The summed E-state index contributed by atoms with van der Waals surface area (Å²) in [6, 6.07) is 20.7. The summed E-state index contributed by atoms with van der Waals surface area (Å²) in [7, 11) is 0. The Bertz CT molecular complexity index is 897. The van der Waals surface area contributed by atoms with E-state index < -0.39 is 0 Å². The molecular weight excluding hydrogens is 284 g/mol. The Kier molecular flexibility index (Phi) is 3.54. The van der Waals surface area contributed by atoms with E-state index in [2.05, 4.69) is 41.4 Å². The molecule has 0 aliphatic carbocycles. The summed E-state index contributed by atoms with van der Waals surface area (Å²) >= 11 is 0. The minimum absolute atomic E-state index is 0.125. The van der Waals surface area contributed by atoms with E-state index in [1.807, 2.05) is 24.3 Å². The third-order valence-corrected chi connectivity index (χ3v) is 4.47. The van der Waals surface area contributed by atoms with Gasteiger partial charge in [0.15, 0.2) is 0 Å². The zero-order valence-electron chi connectivity index (χ0n) is 12.9. The molecule has 0 N–H and O–H groups in total. The molecule has 114 valence electrons. The number of hydrogen-bond acceptors (Lipinski definition) is 2. The lowest BCUT2D eigenvalue weighted by molar-refractivity contribution is 0.632. The lowest BCUT2D eigenvalue weighted by atomic mass is 9.97. The first-order chi connectivity index (χ1) is 11.3. The van der Waals surface area contributed by atoms with Crippen LogP contribution < -0.4 is 5.69 Å². The van der Waals surface area contributed by atoms with Gasteiger partial charge >= 0.3 is 5.69 Å². The highest BCUT2D eigenvalue weighted by Gasteiger charge is 2.17. The number of hydrogen-bond donors (Lipinski definition) is 0. The first-order valence-corrected chi connectivity index (χ1v) is 8.04. The van der Waals surface area contributed by atoms with Gasteiger partial charge in [0.1, 0.15) is 0 Å². The molecule has 0 amide bonds. The van der Waals surface area contributed by atoms with Crippen molar-refractivity contribution < 1.29 is 0 Å². The molecule has 2 aromatic carbocycles.